The van der Waals surface area contributed by atoms with E-state index in [0.29, 0.717) is 5.56 Å². The zero-order valence-corrected chi connectivity index (χ0v) is 18.5. The Hall–Kier alpha value is -2.53. The van der Waals surface area contributed by atoms with Crippen molar-refractivity contribution in [1.82, 2.24) is 10.2 Å². The van der Waals surface area contributed by atoms with Crippen LogP contribution in [0.3, 0.4) is 0 Å². The van der Waals surface area contributed by atoms with Crippen molar-refractivity contribution in [3.05, 3.63) is 64.7 Å². The first-order valence-electron chi connectivity index (χ1n) is 10.4. The number of ether oxygens (including phenoxy) is 1. The van der Waals surface area contributed by atoms with Gasteiger partial charge in [0.25, 0.3) is 5.91 Å². The zero-order valence-electron chi connectivity index (χ0n) is 17.8. The van der Waals surface area contributed by atoms with Gasteiger partial charge in [0, 0.05) is 18.7 Å². The number of alkyl halides is 1. The molecule has 1 N–H and O–H groups in total. The Morgan fingerprint density at radius 1 is 1.20 bits per heavy atom. The van der Waals surface area contributed by atoms with Crippen LogP contribution in [0.4, 0.5) is 0 Å². The normalized spacial score (nSPS) is 17.9. The average molecular weight is 429 g/mol. The smallest absolute Gasteiger partial charge is 0.251 e. The van der Waals surface area contributed by atoms with E-state index in [1.165, 1.54) is 5.56 Å². The van der Waals surface area contributed by atoms with Gasteiger partial charge in [0.05, 0.1) is 13.2 Å². The fourth-order valence-corrected chi connectivity index (χ4v) is 4.40. The first-order chi connectivity index (χ1) is 14.5. The Morgan fingerprint density at radius 2 is 1.93 bits per heavy atom. The van der Waals surface area contributed by atoms with Gasteiger partial charge < -0.3 is 15.0 Å². The SMILES string of the molecule is CCCC[C@H]1Cc2cc(OC)ccc2[C@H](c2ccc(C(=O)NC)cc2)N1C(=O)CCl. The third-order valence-corrected chi connectivity index (χ3v) is 6.01. The Balaban J connectivity index is 2.11. The second-order valence-electron chi connectivity index (χ2n) is 7.60. The molecule has 2 aromatic carbocycles. The van der Waals surface area contributed by atoms with Gasteiger partial charge in [-0.3, -0.25) is 9.59 Å². The lowest BCUT2D eigenvalue weighted by Crippen LogP contribution is -2.48. The number of hydrogen-bond acceptors (Lipinski definition) is 3. The van der Waals surface area contributed by atoms with Crippen molar-refractivity contribution in [3.63, 3.8) is 0 Å². The Bertz CT molecular complexity index is 898. The molecule has 160 valence electrons. The molecule has 0 unspecified atom stereocenters. The van der Waals surface area contributed by atoms with Crippen LogP contribution < -0.4 is 10.1 Å². The van der Waals surface area contributed by atoms with Crippen molar-refractivity contribution < 1.29 is 14.3 Å². The summed E-state index contributed by atoms with van der Waals surface area (Å²) in [5, 5.41) is 2.64. The minimum absolute atomic E-state index is 0.0546. The fourth-order valence-electron chi connectivity index (χ4n) is 4.26. The molecule has 0 radical (unpaired) electrons. The van der Waals surface area contributed by atoms with E-state index in [4.69, 9.17) is 16.3 Å². The number of rotatable bonds is 7. The molecule has 0 saturated heterocycles. The van der Waals surface area contributed by atoms with E-state index >= 15 is 0 Å². The number of fused-ring (bicyclic) bond motifs is 1. The Morgan fingerprint density at radius 3 is 2.53 bits per heavy atom. The number of hydrogen-bond donors (Lipinski definition) is 1. The standard InChI is InChI=1S/C24H29ClN2O3/c1-4-5-6-19-13-18-14-20(30-3)11-12-21(18)23(27(19)22(28)15-25)16-7-9-17(10-8-16)24(29)26-2/h7-12,14,19,23H,4-6,13,15H2,1-3H3,(H,26,29)/t19-,23-/m0/s1. The van der Waals surface area contributed by atoms with E-state index in [9.17, 15) is 9.59 Å². The van der Waals surface area contributed by atoms with E-state index in [1.54, 1.807) is 26.3 Å². The summed E-state index contributed by atoms with van der Waals surface area (Å²) in [6.07, 6.45) is 3.80. The van der Waals surface area contributed by atoms with Crippen molar-refractivity contribution >= 4 is 23.4 Å². The van der Waals surface area contributed by atoms with Crippen LogP contribution in [-0.4, -0.2) is 42.8 Å². The lowest BCUT2D eigenvalue weighted by Gasteiger charge is -2.44. The maximum Gasteiger partial charge on any atom is 0.251 e. The quantitative estimate of drug-likeness (QED) is 0.668. The molecule has 1 aliphatic rings. The lowest BCUT2D eigenvalue weighted by molar-refractivity contribution is -0.133. The molecule has 1 aliphatic heterocycles. The number of carbonyl (C=O) groups excluding carboxylic acids is 2. The molecule has 30 heavy (non-hydrogen) atoms. The van der Waals surface area contributed by atoms with Crippen molar-refractivity contribution in [2.45, 2.75) is 44.7 Å². The largest absolute Gasteiger partial charge is 0.497 e. The molecule has 1 heterocycles. The molecule has 6 heteroatoms. The number of methoxy groups -OCH3 is 1. The first-order valence-corrected chi connectivity index (χ1v) is 10.9. The highest BCUT2D eigenvalue weighted by molar-refractivity contribution is 6.27. The van der Waals surface area contributed by atoms with E-state index in [1.807, 2.05) is 29.2 Å². The zero-order chi connectivity index (χ0) is 21.7. The number of halogens is 1. The van der Waals surface area contributed by atoms with Gasteiger partial charge in [0.1, 0.15) is 11.6 Å². The number of benzene rings is 2. The summed E-state index contributed by atoms with van der Waals surface area (Å²) in [5.41, 5.74) is 3.82. The summed E-state index contributed by atoms with van der Waals surface area (Å²) in [4.78, 5) is 26.9. The molecule has 3 rings (SSSR count). The molecular weight excluding hydrogens is 400 g/mol. The molecule has 5 nitrogen and oxygen atoms in total. The Labute approximate surface area is 183 Å². The van der Waals surface area contributed by atoms with Crippen LogP contribution >= 0.6 is 11.6 Å². The number of carbonyl (C=O) groups is 2. The van der Waals surface area contributed by atoms with Gasteiger partial charge >= 0.3 is 0 Å². The van der Waals surface area contributed by atoms with Gasteiger partial charge in [0.15, 0.2) is 0 Å². The molecule has 2 amide bonds. The van der Waals surface area contributed by atoms with Crippen molar-refractivity contribution in [3.8, 4) is 5.75 Å². The molecule has 2 aromatic rings. The van der Waals surface area contributed by atoms with Crippen LogP contribution in [0, 0.1) is 0 Å². The van der Waals surface area contributed by atoms with Gasteiger partial charge in [-0.2, -0.15) is 0 Å². The predicted octanol–water partition coefficient (Wildman–Crippen LogP) is 4.33. The molecule has 2 atom stereocenters. The van der Waals surface area contributed by atoms with Crippen molar-refractivity contribution in [1.29, 1.82) is 0 Å². The van der Waals surface area contributed by atoms with Crippen LogP contribution in [0.1, 0.15) is 59.3 Å². The van der Waals surface area contributed by atoms with E-state index in [0.717, 1.165) is 42.6 Å². The van der Waals surface area contributed by atoms with Gasteiger partial charge in [-0.05, 0) is 53.8 Å². The molecule has 0 bridgehead atoms. The van der Waals surface area contributed by atoms with Crippen LogP contribution in [0.15, 0.2) is 42.5 Å². The second kappa shape index (κ2) is 9.98. The fraction of sp³-hybridized carbons (Fsp3) is 0.417. The highest BCUT2D eigenvalue weighted by Gasteiger charge is 2.37. The Kier molecular flexibility index (Phi) is 7.38. The summed E-state index contributed by atoms with van der Waals surface area (Å²) in [6.45, 7) is 2.16. The summed E-state index contributed by atoms with van der Waals surface area (Å²) < 4.78 is 5.44. The predicted molar refractivity (Wildman–Crippen MR) is 119 cm³/mol. The molecule has 0 spiro atoms. The number of nitrogens with one attached hydrogen (secondary N) is 1. The van der Waals surface area contributed by atoms with E-state index in [-0.39, 0.29) is 29.8 Å². The monoisotopic (exact) mass is 428 g/mol. The molecular formula is C24H29ClN2O3. The number of unbranched alkanes of at least 4 members (excludes halogenated alkanes) is 1. The van der Waals surface area contributed by atoms with Crippen LogP contribution in [-0.2, 0) is 11.2 Å². The third kappa shape index (κ3) is 4.46. The maximum atomic E-state index is 13.0. The minimum Gasteiger partial charge on any atom is -0.497 e. The topological polar surface area (TPSA) is 58.6 Å². The minimum atomic E-state index is -0.244. The average Bonchev–Trinajstić information content (AvgIpc) is 2.80. The maximum absolute atomic E-state index is 13.0. The molecule has 0 saturated carbocycles. The number of amides is 2. The summed E-state index contributed by atoms with van der Waals surface area (Å²) in [6, 6.07) is 13.3. The molecule has 0 aromatic heterocycles. The molecule has 0 fully saturated rings. The summed E-state index contributed by atoms with van der Waals surface area (Å²) >= 11 is 6.03. The van der Waals surface area contributed by atoms with Gasteiger partial charge in [-0.25, -0.2) is 0 Å². The lowest BCUT2D eigenvalue weighted by atomic mass is 9.83. The van der Waals surface area contributed by atoms with E-state index in [2.05, 4.69) is 18.3 Å². The van der Waals surface area contributed by atoms with Crippen LogP contribution in [0.5, 0.6) is 5.75 Å². The number of nitrogens with zero attached hydrogens (tertiary/aromatic N) is 1. The van der Waals surface area contributed by atoms with Crippen molar-refractivity contribution in [2.24, 2.45) is 0 Å². The van der Waals surface area contributed by atoms with Crippen LogP contribution in [0.25, 0.3) is 0 Å². The van der Waals surface area contributed by atoms with Crippen LogP contribution in [0.2, 0.25) is 0 Å². The molecule has 0 aliphatic carbocycles. The van der Waals surface area contributed by atoms with Crippen molar-refractivity contribution in [2.75, 3.05) is 20.0 Å². The third-order valence-electron chi connectivity index (χ3n) is 5.78. The van der Waals surface area contributed by atoms with Gasteiger partial charge in [0.2, 0.25) is 5.91 Å². The summed E-state index contributed by atoms with van der Waals surface area (Å²) in [5.74, 6) is 0.555. The van der Waals surface area contributed by atoms with E-state index < -0.39 is 0 Å². The highest BCUT2D eigenvalue weighted by Crippen LogP contribution is 2.40. The highest BCUT2D eigenvalue weighted by atomic mass is 35.5. The van der Waals surface area contributed by atoms with Gasteiger partial charge in [-0.15, -0.1) is 11.6 Å². The second-order valence-corrected chi connectivity index (χ2v) is 7.87. The first kappa shape index (κ1) is 22.2. The summed E-state index contributed by atoms with van der Waals surface area (Å²) in [7, 11) is 3.28. The van der Waals surface area contributed by atoms with Gasteiger partial charge in [-0.1, -0.05) is 38.0 Å².